The van der Waals surface area contributed by atoms with Crippen LogP contribution in [-0.2, 0) is 13.0 Å². The first-order valence-electron chi connectivity index (χ1n) is 13.2. The fourth-order valence-corrected chi connectivity index (χ4v) is 5.11. The molecular weight excluding hydrogens is 488 g/mol. The number of piperidine rings is 1. The number of pyridine rings is 2. The molecule has 0 spiro atoms. The van der Waals surface area contributed by atoms with Crippen molar-refractivity contribution < 1.29 is 9.90 Å². The standard InChI is InChI=1S/C31H30N6O2/c38-27-8-10-37(11-9-27)20-23-13-25(18-32-17-23)24-6-7-29-28(15-24)30(36-35-29)31(39)34-26-14-22(16-33-19-26)12-21-4-2-1-3-5-21/h1-7,13-19,27,38H,8-12,20H2,(H,34,39)(H,35,36). The second-order valence-electron chi connectivity index (χ2n) is 10.1. The molecule has 1 saturated heterocycles. The first-order chi connectivity index (χ1) is 19.1. The summed E-state index contributed by atoms with van der Waals surface area (Å²) in [7, 11) is 0. The maximum absolute atomic E-state index is 13.2. The van der Waals surface area contributed by atoms with Crippen molar-refractivity contribution in [1.29, 1.82) is 0 Å². The predicted octanol–water partition coefficient (Wildman–Crippen LogP) is 4.82. The number of aliphatic hydroxyl groups excluding tert-OH is 1. The number of carbonyl (C=O) groups is 1. The molecule has 0 unspecified atom stereocenters. The molecule has 196 valence electrons. The lowest BCUT2D eigenvalue weighted by Gasteiger charge is -2.29. The summed E-state index contributed by atoms with van der Waals surface area (Å²) < 4.78 is 0. The van der Waals surface area contributed by atoms with E-state index in [2.05, 4.69) is 48.6 Å². The maximum atomic E-state index is 13.2. The average Bonchev–Trinajstić information content (AvgIpc) is 3.39. The maximum Gasteiger partial charge on any atom is 0.276 e. The highest BCUT2D eigenvalue weighted by molar-refractivity contribution is 6.11. The summed E-state index contributed by atoms with van der Waals surface area (Å²) in [5.41, 5.74) is 7.01. The molecule has 3 N–H and O–H groups in total. The van der Waals surface area contributed by atoms with E-state index >= 15 is 0 Å². The molecule has 0 saturated carbocycles. The normalized spacial score (nSPS) is 14.5. The van der Waals surface area contributed by atoms with Gasteiger partial charge in [-0.15, -0.1) is 0 Å². The number of rotatable bonds is 7. The van der Waals surface area contributed by atoms with Crippen molar-refractivity contribution in [2.45, 2.75) is 31.9 Å². The van der Waals surface area contributed by atoms with Crippen LogP contribution in [0.2, 0.25) is 0 Å². The molecule has 0 atom stereocenters. The number of carbonyl (C=O) groups excluding carboxylic acids is 1. The first-order valence-corrected chi connectivity index (χ1v) is 13.2. The number of aromatic nitrogens is 4. The number of H-pyrrole nitrogens is 1. The molecule has 5 aromatic rings. The Morgan fingerprint density at radius 2 is 1.69 bits per heavy atom. The Labute approximate surface area is 226 Å². The number of benzene rings is 2. The minimum Gasteiger partial charge on any atom is -0.393 e. The number of aromatic amines is 1. The van der Waals surface area contributed by atoms with Gasteiger partial charge in [-0.05, 0) is 65.8 Å². The van der Waals surface area contributed by atoms with Gasteiger partial charge < -0.3 is 10.4 Å². The van der Waals surface area contributed by atoms with Crippen LogP contribution in [0.15, 0.2) is 85.5 Å². The van der Waals surface area contributed by atoms with E-state index in [4.69, 9.17) is 0 Å². The highest BCUT2D eigenvalue weighted by Gasteiger charge is 2.18. The third-order valence-corrected chi connectivity index (χ3v) is 7.17. The molecule has 0 bridgehead atoms. The molecule has 1 amide bonds. The van der Waals surface area contributed by atoms with Gasteiger partial charge in [-0.25, -0.2) is 0 Å². The molecule has 1 aliphatic heterocycles. The second-order valence-corrected chi connectivity index (χ2v) is 10.1. The first kappa shape index (κ1) is 24.9. The summed E-state index contributed by atoms with van der Waals surface area (Å²) in [4.78, 5) is 24.4. The summed E-state index contributed by atoms with van der Waals surface area (Å²) >= 11 is 0. The Kier molecular flexibility index (Phi) is 7.12. The summed E-state index contributed by atoms with van der Waals surface area (Å²) in [5.74, 6) is -0.295. The van der Waals surface area contributed by atoms with Crippen LogP contribution >= 0.6 is 0 Å². The van der Waals surface area contributed by atoms with Gasteiger partial charge in [-0.1, -0.05) is 36.4 Å². The average molecular weight is 519 g/mol. The van der Waals surface area contributed by atoms with E-state index in [9.17, 15) is 9.90 Å². The highest BCUT2D eigenvalue weighted by Crippen LogP contribution is 2.27. The third kappa shape index (κ3) is 5.87. The SMILES string of the molecule is O=C(Nc1cncc(Cc2ccccc2)c1)c1n[nH]c2ccc(-c3cncc(CN4CCC(O)CC4)c3)cc12. The molecule has 39 heavy (non-hydrogen) atoms. The lowest BCUT2D eigenvalue weighted by Crippen LogP contribution is -2.35. The van der Waals surface area contributed by atoms with E-state index in [0.717, 1.165) is 72.1 Å². The molecule has 1 aliphatic rings. The molecule has 2 aromatic carbocycles. The van der Waals surface area contributed by atoms with Crippen LogP contribution in [0, 0.1) is 0 Å². The Morgan fingerprint density at radius 3 is 2.54 bits per heavy atom. The number of amides is 1. The predicted molar refractivity (Wildman–Crippen MR) is 151 cm³/mol. The summed E-state index contributed by atoms with van der Waals surface area (Å²) in [6, 6.07) is 20.2. The van der Waals surface area contributed by atoms with Crippen molar-refractivity contribution in [3.05, 3.63) is 108 Å². The molecule has 1 fully saturated rings. The molecular formula is C31H30N6O2. The number of anilines is 1. The van der Waals surface area contributed by atoms with Crippen molar-refractivity contribution in [1.82, 2.24) is 25.1 Å². The van der Waals surface area contributed by atoms with Crippen LogP contribution in [-0.4, -0.2) is 55.3 Å². The van der Waals surface area contributed by atoms with Gasteiger partial charge in [0.2, 0.25) is 0 Å². The van der Waals surface area contributed by atoms with Gasteiger partial charge >= 0.3 is 0 Å². The molecule has 0 radical (unpaired) electrons. The van der Waals surface area contributed by atoms with E-state index in [1.807, 2.05) is 61.1 Å². The van der Waals surface area contributed by atoms with Gasteiger partial charge in [0.1, 0.15) is 0 Å². The topological polar surface area (TPSA) is 107 Å². The smallest absolute Gasteiger partial charge is 0.276 e. The van der Waals surface area contributed by atoms with Crippen LogP contribution in [0.1, 0.15) is 40.0 Å². The van der Waals surface area contributed by atoms with E-state index in [1.54, 1.807) is 6.20 Å². The van der Waals surface area contributed by atoms with Gasteiger partial charge in [-0.2, -0.15) is 5.10 Å². The zero-order valence-electron chi connectivity index (χ0n) is 21.5. The second kappa shape index (κ2) is 11.1. The number of hydrogen-bond donors (Lipinski definition) is 3. The zero-order chi connectivity index (χ0) is 26.6. The van der Waals surface area contributed by atoms with Gasteiger partial charge in [-0.3, -0.25) is 24.8 Å². The Morgan fingerprint density at radius 1 is 0.897 bits per heavy atom. The van der Waals surface area contributed by atoms with E-state index < -0.39 is 0 Å². The van der Waals surface area contributed by atoms with Crippen LogP contribution < -0.4 is 5.32 Å². The van der Waals surface area contributed by atoms with Crippen LogP contribution in [0.4, 0.5) is 5.69 Å². The minimum absolute atomic E-state index is 0.187. The fourth-order valence-electron chi connectivity index (χ4n) is 5.11. The van der Waals surface area contributed by atoms with E-state index in [1.165, 1.54) is 5.56 Å². The number of fused-ring (bicyclic) bond motifs is 1. The third-order valence-electron chi connectivity index (χ3n) is 7.17. The number of likely N-dealkylation sites (tertiary alicyclic amines) is 1. The Balaban J connectivity index is 1.20. The molecule has 6 rings (SSSR count). The molecule has 8 nitrogen and oxygen atoms in total. The van der Waals surface area contributed by atoms with Crippen molar-refractivity contribution in [3.8, 4) is 11.1 Å². The Hall–Kier alpha value is -4.40. The van der Waals surface area contributed by atoms with Gasteiger partial charge in [0, 0.05) is 49.2 Å². The van der Waals surface area contributed by atoms with Crippen LogP contribution in [0.25, 0.3) is 22.0 Å². The number of nitrogens with zero attached hydrogens (tertiary/aromatic N) is 4. The number of nitrogens with one attached hydrogen (secondary N) is 2. The summed E-state index contributed by atoms with van der Waals surface area (Å²) in [6.45, 7) is 2.57. The lowest BCUT2D eigenvalue weighted by atomic mass is 10.0. The quantitative estimate of drug-likeness (QED) is 0.285. The van der Waals surface area contributed by atoms with Crippen LogP contribution in [0.3, 0.4) is 0 Å². The minimum atomic E-state index is -0.295. The van der Waals surface area contributed by atoms with E-state index in [-0.39, 0.29) is 12.0 Å². The fraction of sp³-hybridized carbons (Fsp3) is 0.226. The molecule has 0 aliphatic carbocycles. The van der Waals surface area contributed by atoms with Crippen molar-refractivity contribution >= 4 is 22.5 Å². The zero-order valence-corrected chi connectivity index (χ0v) is 21.5. The van der Waals surface area contributed by atoms with Gasteiger partial charge in [0.25, 0.3) is 5.91 Å². The number of hydrogen-bond acceptors (Lipinski definition) is 6. The number of aliphatic hydroxyl groups is 1. The van der Waals surface area contributed by atoms with Crippen molar-refractivity contribution in [2.75, 3.05) is 18.4 Å². The highest BCUT2D eigenvalue weighted by atomic mass is 16.3. The molecule has 8 heteroatoms. The summed E-state index contributed by atoms with van der Waals surface area (Å²) in [6.07, 6.45) is 9.36. The van der Waals surface area contributed by atoms with Crippen molar-refractivity contribution in [2.24, 2.45) is 0 Å². The lowest BCUT2D eigenvalue weighted by molar-refractivity contribution is 0.0792. The van der Waals surface area contributed by atoms with Crippen molar-refractivity contribution in [3.63, 3.8) is 0 Å². The van der Waals surface area contributed by atoms with Gasteiger partial charge in [0.15, 0.2) is 5.69 Å². The van der Waals surface area contributed by atoms with Gasteiger partial charge in [0.05, 0.1) is 23.5 Å². The van der Waals surface area contributed by atoms with Crippen LogP contribution in [0.5, 0.6) is 0 Å². The Bertz CT molecular complexity index is 1590. The monoisotopic (exact) mass is 518 g/mol. The molecule has 3 aromatic heterocycles. The largest absolute Gasteiger partial charge is 0.393 e. The molecule has 4 heterocycles. The summed E-state index contributed by atoms with van der Waals surface area (Å²) in [5, 5.41) is 20.8. The van der Waals surface area contributed by atoms with E-state index in [0.29, 0.717) is 11.4 Å².